The third-order valence-corrected chi connectivity index (χ3v) is 1.35. The van der Waals surface area contributed by atoms with E-state index in [-0.39, 0.29) is 6.42 Å². The van der Waals surface area contributed by atoms with Gasteiger partial charge in [-0.25, -0.2) is 0 Å². The molecule has 0 aliphatic carbocycles. The highest BCUT2D eigenvalue weighted by Gasteiger charge is 2.01. The summed E-state index contributed by atoms with van der Waals surface area (Å²) in [6.07, 6.45) is 7.67. The van der Waals surface area contributed by atoms with Crippen LogP contribution in [0, 0.1) is 0 Å². The Morgan fingerprint density at radius 1 is 1.73 bits per heavy atom. The van der Waals surface area contributed by atoms with Crippen LogP contribution in [-0.4, -0.2) is 17.3 Å². The van der Waals surface area contributed by atoms with Gasteiger partial charge in [-0.2, -0.15) is 0 Å². The molecule has 11 heavy (non-hydrogen) atoms. The molecule has 0 aromatic carbocycles. The molecule has 58 valence electrons. The van der Waals surface area contributed by atoms with Crippen LogP contribution in [0.25, 0.3) is 0 Å². The molecule has 0 unspecified atom stereocenters. The van der Waals surface area contributed by atoms with Gasteiger partial charge < -0.3 is 5.11 Å². The van der Waals surface area contributed by atoms with Crippen molar-refractivity contribution >= 4 is 12.2 Å². The van der Waals surface area contributed by atoms with Gasteiger partial charge in [0, 0.05) is 12.4 Å². The lowest BCUT2D eigenvalue weighted by atomic mass is 10.1. The Hall–Kier alpha value is -1.38. The van der Waals surface area contributed by atoms with Crippen molar-refractivity contribution in [3.05, 3.63) is 23.9 Å². The second kappa shape index (κ2) is 3.71. The first kappa shape index (κ1) is 7.72. The van der Waals surface area contributed by atoms with E-state index < -0.39 is 5.97 Å². The summed E-state index contributed by atoms with van der Waals surface area (Å²) in [5.41, 5.74) is 0.884. The predicted molar refractivity (Wildman–Crippen MR) is 42.6 cm³/mol. The molecule has 0 aromatic rings. The molecule has 0 radical (unpaired) electrons. The number of hydrogen-bond donors (Lipinski definition) is 1. The van der Waals surface area contributed by atoms with E-state index in [1.165, 1.54) is 0 Å². The number of rotatable bonds is 2. The Morgan fingerprint density at radius 3 is 3.27 bits per heavy atom. The van der Waals surface area contributed by atoms with Gasteiger partial charge in [0.25, 0.3) is 0 Å². The number of carboxylic acid groups (broad SMARTS) is 1. The fraction of sp³-hybridized carbons (Fsp3) is 0.250. The Labute approximate surface area is 64.8 Å². The Balaban J connectivity index is 2.57. The van der Waals surface area contributed by atoms with E-state index in [1.807, 2.05) is 6.08 Å². The van der Waals surface area contributed by atoms with E-state index in [0.717, 1.165) is 5.57 Å². The number of aliphatic carboxylic acids is 1. The van der Waals surface area contributed by atoms with Gasteiger partial charge in [-0.15, -0.1) is 0 Å². The molecule has 1 N–H and O–H groups in total. The summed E-state index contributed by atoms with van der Waals surface area (Å²) in [6, 6.07) is 0. The van der Waals surface area contributed by atoms with Crippen molar-refractivity contribution < 1.29 is 9.90 Å². The summed E-state index contributed by atoms with van der Waals surface area (Å²) in [5, 5.41) is 8.45. The molecule has 1 aliphatic heterocycles. The lowest BCUT2D eigenvalue weighted by Crippen LogP contribution is -1.96. The first-order chi connectivity index (χ1) is 5.29. The minimum Gasteiger partial charge on any atom is -0.481 e. The molecule has 0 amide bonds. The molecule has 0 bridgehead atoms. The van der Waals surface area contributed by atoms with Crippen LogP contribution >= 0.6 is 0 Å². The highest BCUT2D eigenvalue weighted by molar-refractivity contribution is 5.77. The average Bonchev–Trinajstić information content (AvgIpc) is 2.14. The molecule has 0 saturated heterocycles. The van der Waals surface area contributed by atoms with Crippen LogP contribution in [0.2, 0.25) is 0 Å². The van der Waals surface area contributed by atoms with Gasteiger partial charge in [-0.05, 0) is 12.5 Å². The fourth-order valence-electron chi connectivity index (χ4n) is 0.856. The van der Waals surface area contributed by atoms with E-state index in [4.69, 9.17) is 5.11 Å². The molecule has 0 fully saturated rings. The first-order valence-corrected chi connectivity index (χ1v) is 3.37. The van der Waals surface area contributed by atoms with Gasteiger partial charge in [0.2, 0.25) is 0 Å². The number of carbonyl (C=O) groups is 1. The number of allylic oxidation sites excluding steroid dienone is 2. The lowest BCUT2D eigenvalue weighted by molar-refractivity contribution is -0.136. The smallest absolute Gasteiger partial charge is 0.307 e. The quantitative estimate of drug-likeness (QED) is 0.648. The average molecular weight is 151 g/mol. The minimum absolute atomic E-state index is 0.107. The first-order valence-electron chi connectivity index (χ1n) is 3.37. The number of aliphatic imine (C=N–C) groups is 1. The summed E-state index contributed by atoms with van der Waals surface area (Å²) in [4.78, 5) is 14.1. The van der Waals surface area contributed by atoms with E-state index >= 15 is 0 Å². The van der Waals surface area contributed by atoms with Crippen molar-refractivity contribution in [2.75, 3.05) is 0 Å². The Bertz CT molecular complexity index is 238. The fourth-order valence-corrected chi connectivity index (χ4v) is 0.856. The molecule has 0 atom stereocenters. The standard InChI is InChI=1S/C8H9NO2/c10-8(11)6-7-2-1-4-9-5-3-7/h1,3-5H,2,6H2,(H,10,11). The van der Waals surface area contributed by atoms with Crippen molar-refractivity contribution in [1.29, 1.82) is 0 Å². The summed E-state index contributed by atoms with van der Waals surface area (Å²) in [6.45, 7) is 0. The molecule has 1 aliphatic rings. The van der Waals surface area contributed by atoms with Gasteiger partial charge >= 0.3 is 5.97 Å². The normalized spacial score (nSPS) is 15.8. The summed E-state index contributed by atoms with van der Waals surface area (Å²) < 4.78 is 0. The zero-order valence-corrected chi connectivity index (χ0v) is 6.03. The van der Waals surface area contributed by atoms with Crippen LogP contribution in [-0.2, 0) is 4.79 Å². The van der Waals surface area contributed by atoms with Crippen LogP contribution in [0.15, 0.2) is 28.9 Å². The number of hydrogen-bond acceptors (Lipinski definition) is 2. The van der Waals surface area contributed by atoms with Crippen LogP contribution in [0.5, 0.6) is 0 Å². The van der Waals surface area contributed by atoms with Crippen molar-refractivity contribution in [3.8, 4) is 0 Å². The molecule has 0 saturated carbocycles. The third-order valence-electron chi connectivity index (χ3n) is 1.35. The number of nitrogens with zero attached hydrogens (tertiary/aromatic N) is 1. The maximum absolute atomic E-state index is 10.3. The van der Waals surface area contributed by atoms with Crippen LogP contribution in [0.4, 0.5) is 0 Å². The third kappa shape index (κ3) is 2.80. The van der Waals surface area contributed by atoms with E-state index in [1.54, 1.807) is 18.5 Å². The highest BCUT2D eigenvalue weighted by Crippen LogP contribution is 2.08. The maximum Gasteiger partial charge on any atom is 0.307 e. The second-order valence-corrected chi connectivity index (χ2v) is 2.28. The maximum atomic E-state index is 10.3. The summed E-state index contributed by atoms with van der Waals surface area (Å²) in [5.74, 6) is -0.792. The zero-order chi connectivity index (χ0) is 8.10. The van der Waals surface area contributed by atoms with Crippen molar-refractivity contribution in [2.45, 2.75) is 12.8 Å². The lowest BCUT2D eigenvalue weighted by Gasteiger charge is -1.96. The largest absolute Gasteiger partial charge is 0.481 e. The molecule has 1 heterocycles. The van der Waals surface area contributed by atoms with Gasteiger partial charge in [0.05, 0.1) is 6.42 Å². The molecular weight excluding hydrogens is 142 g/mol. The monoisotopic (exact) mass is 151 g/mol. The van der Waals surface area contributed by atoms with Crippen LogP contribution in [0.3, 0.4) is 0 Å². The van der Waals surface area contributed by atoms with Gasteiger partial charge in [-0.3, -0.25) is 9.79 Å². The second-order valence-electron chi connectivity index (χ2n) is 2.28. The molecule has 1 rings (SSSR count). The highest BCUT2D eigenvalue weighted by atomic mass is 16.4. The minimum atomic E-state index is -0.792. The summed E-state index contributed by atoms with van der Waals surface area (Å²) in [7, 11) is 0. The van der Waals surface area contributed by atoms with Crippen molar-refractivity contribution in [2.24, 2.45) is 4.99 Å². The van der Waals surface area contributed by atoms with E-state index in [9.17, 15) is 4.79 Å². The van der Waals surface area contributed by atoms with Gasteiger partial charge in [0.15, 0.2) is 0 Å². The van der Waals surface area contributed by atoms with Crippen molar-refractivity contribution in [3.63, 3.8) is 0 Å². The van der Waals surface area contributed by atoms with Crippen LogP contribution in [0.1, 0.15) is 12.8 Å². The predicted octanol–water partition coefficient (Wildman–Crippen LogP) is 1.38. The molecule has 0 aromatic heterocycles. The van der Waals surface area contributed by atoms with E-state index in [0.29, 0.717) is 6.42 Å². The molecular formula is C8H9NO2. The van der Waals surface area contributed by atoms with Crippen LogP contribution < -0.4 is 0 Å². The molecule has 3 heteroatoms. The summed E-state index contributed by atoms with van der Waals surface area (Å²) >= 11 is 0. The molecule has 3 nitrogen and oxygen atoms in total. The Morgan fingerprint density at radius 2 is 2.55 bits per heavy atom. The van der Waals surface area contributed by atoms with E-state index in [2.05, 4.69) is 4.99 Å². The van der Waals surface area contributed by atoms with Crippen molar-refractivity contribution in [1.82, 2.24) is 0 Å². The van der Waals surface area contributed by atoms with Gasteiger partial charge in [-0.1, -0.05) is 11.6 Å². The molecule has 0 spiro atoms. The zero-order valence-electron chi connectivity index (χ0n) is 6.03. The number of carboxylic acids is 1. The van der Waals surface area contributed by atoms with Gasteiger partial charge in [0.1, 0.15) is 0 Å². The topological polar surface area (TPSA) is 49.7 Å². The SMILES string of the molecule is O=C(O)CC1=CC=NC=CC1. The Kier molecular flexibility index (Phi) is 2.60.